The van der Waals surface area contributed by atoms with Gasteiger partial charge in [0.1, 0.15) is 6.07 Å². The van der Waals surface area contributed by atoms with E-state index in [9.17, 15) is 5.26 Å². The first-order chi connectivity index (χ1) is 14.1. The second-order valence-electron chi connectivity index (χ2n) is 6.36. The van der Waals surface area contributed by atoms with Crippen molar-refractivity contribution < 1.29 is 0 Å². The highest BCUT2D eigenvalue weighted by molar-refractivity contribution is 14.1. The van der Waals surface area contributed by atoms with Crippen molar-refractivity contribution in [3.8, 4) is 6.07 Å². The molecule has 0 unspecified atom stereocenters. The van der Waals surface area contributed by atoms with E-state index in [0.717, 1.165) is 31.4 Å². The second kappa shape index (κ2) is 8.64. The van der Waals surface area contributed by atoms with Crippen molar-refractivity contribution in [2.75, 3.05) is 10.6 Å². The van der Waals surface area contributed by atoms with E-state index in [2.05, 4.69) is 49.3 Å². The van der Waals surface area contributed by atoms with Gasteiger partial charge in [0.2, 0.25) is 0 Å². The Hall–Kier alpha value is -2.89. The van der Waals surface area contributed by atoms with Gasteiger partial charge in [-0.15, -0.1) is 0 Å². The van der Waals surface area contributed by atoms with Crippen molar-refractivity contribution >= 4 is 62.2 Å². The molecule has 4 rings (SSSR count). The molecule has 0 aliphatic carbocycles. The van der Waals surface area contributed by atoms with Crippen LogP contribution in [0.15, 0.2) is 67.1 Å². The Balaban J connectivity index is 1.76. The van der Waals surface area contributed by atoms with Gasteiger partial charge in [0.05, 0.1) is 16.8 Å². The van der Waals surface area contributed by atoms with E-state index >= 15 is 0 Å². The van der Waals surface area contributed by atoms with Crippen molar-refractivity contribution in [1.29, 1.82) is 5.26 Å². The van der Waals surface area contributed by atoms with E-state index in [-0.39, 0.29) is 0 Å². The van der Waals surface area contributed by atoms with Crippen molar-refractivity contribution in [3.63, 3.8) is 0 Å². The highest BCUT2D eigenvalue weighted by atomic mass is 127. The molecule has 0 spiro atoms. The number of nitriles is 1. The van der Waals surface area contributed by atoms with Gasteiger partial charge in [-0.1, -0.05) is 23.7 Å². The molecule has 0 bridgehead atoms. The molecule has 0 fully saturated rings. The second-order valence-corrected chi connectivity index (χ2v) is 7.96. The van der Waals surface area contributed by atoms with Gasteiger partial charge in [0.15, 0.2) is 0 Å². The van der Waals surface area contributed by atoms with Gasteiger partial charge >= 0.3 is 0 Å². The number of fused-ring (bicyclic) bond motifs is 1. The smallest absolute Gasteiger partial charge is 0.103 e. The van der Waals surface area contributed by atoms with E-state index in [0.29, 0.717) is 22.8 Å². The van der Waals surface area contributed by atoms with Gasteiger partial charge in [-0.2, -0.15) is 5.26 Å². The summed E-state index contributed by atoms with van der Waals surface area (Å²) in [5.74, 6) is 0. The average molecular weight is 512 g/mol. The molecule has 2 N–H and O–H groups in total. The summed E-state index contributed by atoms with van der Waals surface area (Å²) in [6, 6.07) is 17.6. The van der Waals surface area contributed by atoms with Crippen molar-refractivity contribution in [1.82, 2.24) is 9.97 Å². The van der Waals surface area contributed by atoms with Crippen LogP contribution in [-0.2, 0) is 6.54 Å². The maximum Gasteiger partial charge on any atom is 0.103 e. The van der Waals surface area contributed by atoms with Crippen LogP contribution in [0, 0.1) is 14.9 Å². The molecule has 5 nitrogen and oxygen atoms in total. The van der Waals surface area contributed by atoms with Crippen LogP contribution in [0.5, 0.6) is 0 Å². The van der Waals surface area contributed by atoms with Crippen LogP contribution in [0.4, 0.5) is 17.1 Å². The molecule has 142 valence electrons. The molecular formula is C22H15ClIN5. The minimum atomic E-state index is 0.470. The van der Waals surface area contributed by atoms with Crippen LogP contribution in [0.2, 0.25) is 5.02 Å². The van der Waals surface area contributed by atoms with Gasteiger partial charge in [-0.3, -0.25) is 9.97 Å². The fraction of sp³-hybridized carbons (Fsp3) is 0.0455. The zero-order valence-electron chi connectivity index (χ0n) is 15.2. The lowest BCUT2D eigenvalue weighted by Gasteiger charge is -2.15. The molecule has 0 saturated carbocycles. The summed E-state index contributed by atoms with van der Waals surface area (Å²) in [7, 11) is 0. The first-order valence-corrected chi connectivity index (χ1v) is 10.3. The number of aromatic nitrogens is 2. The van der Waals surface area contributed by atoms with Gasteiger partial charge in [0, 0.05) is 50.5 Å². The van der Waals surface area contributed by atoms with E-state index in [1.165, 1.54) is 0 Å². The molecule has 0 aliphatic heterocycles. The Morgan fingerprint density at radius 1 is 1.07 bits per heavy atom. The van der Waals surface area contributed by atoms with Gasteiger partial charge < -0.3 is 10.6 Å². The fourth-order valence-electron chi connectivity index (χ4n) is 3.00. The highest BCUT2D eigenvalue weighted by Gasteiger charge is 2.13. The Morgan fingerprint density at radius 2 is 1.97 bits per heavy atom. The van der Waals surface area contributed by atoms with Crippen molar-refractivity contribution in [2.45, 2.75) is 6.54 Å². The molecule has 0 radical (unpaired) electrons. The van der Waals surface area contributed by atoms with Crippen LogP contribution in [0.1, 0.15) is 11.1 Å². The quantitative estimate of drug-likeness (QED) is 0.316. The number of nitrogens with one attached hydrogen (secondary N) is 2. The highest BCUT2D eigenvalue weighted by Crippen LogP contribution is 2.34. The summed E-state index contributed by atoms with van der Waals surface area (Å²) in [4.78, 5) is 8.64. The lowest BCUT2D eigenvalue weighted by atomic mass is 10.1. The first-order valence-electron chi connectivity index (χ1n) is 8.82. The molecule has 0 atom stereocenters. The summed E-state index contributed by atoms with van der Waals surface area (Å²) < 4.78 is 0.993. The summed E-state index contributed by atoms with van der Waals surface area (Å²) in [6.07, 6.45) is 5.19. The number of hydrogen-bond donors (Lipinski definition) is 2. The molecule has 2 heterocycles. The Kier molecular flexibility index (Phi) is 5.79. The van der Waals surface area contributed by atoms with Crippen LogP contribution in [0.3, 0.4) is 0 Å². The molecule has 0 amide bonds. The predicted octanol–water partition coefficient (Wildman–Crippen LogP) is 6.12. The SMILES string of the molecule is N#Cc1cnc2c(I)cc(NCc3cccnc3)cc2c1Nc1cccc(Cl)c1. The zero-order chi connectivity index (χ0) is 20.2. The molecule has 29 heavy (non-hydrogen) atoms. The summed E-state index contributed by atoms with van der Waals surface area (Å²) in [6.45, 7) is 0.651. The number of rotatable bonds is 5. The number of pyridine rings is 2. The van der Waals surface area contributed by atoms with Crippen LogP contribution < -0.4 is 10.6 Å². The number of nitrogens with zero attached hydrogens (tertiary/aromatic N) is 3. The predicted molar refractivity (Wildman–Crippen MR) is 125 cm³/mol. The van der Waals surface area contributed by atoms with E-state index in [1.54, 1.807) is 12.4 Å². The van der Waals surface area contributed by atoms with Gasteiger partial charge in [-0.05, 0) is 64.6 Å². The Morgan fingerprint density at radius 3 is 2.72 bits per heavy atom. The lowest BCUT2D eigenvalue weighted by molar-refractivity contribution is 1.11. The van der Waals surface area contributed by atoms with Gasteiger partial charge in [-0.25, -0.2) is 0 Å². The fourth-order valence-corrected chi connectivity index (χ4v) is 3.95. The molecule has 4 aromatic rings. The minimum absolute atomic E-state index is 0.470. The molecule has 2 aromatic heterocycles. The number of halogens is 2. The molecule has 2 aromatic carbocycles. The summed E-state index contributed by atoms with van der Waals surface area (Å²) in [5, 5.41) is 17.9. The lowest BCUT2D eigenvalue weighted by Crippen LogP contribution is -2.02. The van der Waals surface area contributed by atoms with Crippen LogP contribution in [-0.4, -0.2) is 9.97 Å². The van der Waals surface area contributed by atoms with E-state index < -0.39 is 0 Å². The number of anilines is 3. The maximum absolute atomic E-state index is 9.62. The standard InChI is InChI=1S/C22H15ClIN5/c23-16-4-1-5-17(7-16)29-21-15(10-25)13-28-22-19(21)8-18(9-20(22)24)27-12-14-3-2-6-26-11-14/h1-9,11,13,27H,12H2,(H,28,29). The van der Waals surface area contributed by atoms with Crippen molar-refractivity contribution in [3.05, 3.63) is 86.8 Å². The van der Waals surface area contributed by atoms with E-state index in [1.807, 2.05) is 54.7 Å². The van der Waals surface area contributed by atoms with E-state index in [4.69, 9.17) is 11.6 Å². The van der Waals surface area contributed by atoms with Gasteiger partial charge in [0.25, 0.3) is 0 Å². The summed E-state index contributed by atoms with van der Waals surface area (Å²) in [5.41, 5.74) is 4.85. The zero-order valence-corrected chi connectivity index (χ0v) is 18.1. The minimum Gasteiger partial charge on any atom is -0.381 e. The molecular weight excluding hydrogens is 497 g/mol. The maximum atomic E-state index is 9.62. The third-order valence-corrected chi connectivity index (χ3v) is 5.42. The third kappa shape index (κ3) is 4.42. The molecule has 0 saturated heterocycles. The topological polar surface area (TPSA) is 73.6 Å². The third-order valence-electron chi connectivity index (χ3n) is 4.36. The van der Waals surface area contributed by atoms with Crippen LogP contribution >= 0.6 is 34.2 Å². The van der Waals surface area contributed by atoms with Crippen LogP contribution in [0.25, 0.3) is 10.9 Å². The summed E-state index contributed by atoms with van der Waals surface area (Å²) >= 11 is 8.39. The largest absolute Gasteiger partial charge is 0.381 e. The number of benzene rings is 2. The Labute approximate surface area is 186 Å². The monoisotopic (exact) mass is 511 g/mol. The van der Waals surface area contributed by atoms with Crippen molar-refractivity contribution in [2.24, 2.45) is 0 Å². The average Bonchev–Trinajstić information content (AvgIpc) is 2.73. The Bertz CT molecular complexity index is 1220. The normalized spacial score (nSPS) is 10.5. The first kappa shape index (κ1) is 19.4. The molecule has 0 aliphatic rings. The number of hydrogen-bond acceptors (Lipinski definition) is 5. The molecule has 7 heteroatoms.